The summed E-state index contributed by atoms with van der Waals surface area (Å²) in [4.78, 5) is 11.3. The quantitative estimate of drug-likeness (QED) is 0.603. The van der Waals surface area contributed by atoms with Crippen LogP contribution in [0.5, 0.6) is 11.5 Å². The van der Waals surface area contributed by atoms with E-state index >= 15 is 0 Å². The first kappa shape index (κ1) is 12.6. The van der Waals surface area contributed by atoms with Crippen LogP contribution in [0.2, 0.25) is 0 Å². The van der Waals surface area contributed by atoms with Crippen LogP contribution in [0.1, 0.15) is 5.56 Å². The lowest BCUT2D eigenvalue weighted by Crippen LogP contribution is -2.19. The molecular weight excluding hydrogens is 220 g/mol. The molecule has 1 aromatic carbocycles. The van der Waals surface area contributed by atoms with E-state index < -0.39 is 5.91 Å². The number of ether oxygens (including phenoxy) is 1. The van der Waals surface area contributed by atoms with E-state index in [4.69, 9.17) is 10.00 Å². The van der Waals surface area contributed by atoms with Crippen molar-refractivity contribution >= 4 is 12.0 Å². The molecule has 0 saturated heterocycles. The maximum atomic E-state index is 11.3. The fourth-order valence-electron chi connectivity index (χ4n) is 1.25. The molecule has 2 N–H and O–H groups in total. The number of amides is 1. The molecule has 17 heavy (non-hydrogen) atoms. The van der Waals surface area contributed by atoms with Gasteiger partial charge in [-0.05, 0) is 23.8 Å². The van der Waals surface area contributed by atoms with Gasteiger partial charge in [0.05, 0.1) is 7.11 Å². The summed E-state index contributed by atoms with van der Waals surface area (Å²) in [5.41, 5.74) is 0.514. The van der Waals surface area contributed by atoms with Gasteiger partial charge in [-0.15, -0.1) is 0 Å². The Hall–Kier alpha value is -2.48. The molecule has 1 rings (SSSR count). The van der Waals surface area contributed by atoms with Crippen LogP contribution in [-0.2, 0) is 4.79 Å². The van der Waals surface area contributed by atoms with Crippen LogP contribution in [0.4, 0.5) is 0 Å². The largest absolute Gasteiger partial charge is 0.504 e. The van der Waals surface area contributed by atoms with Crippen LogP contribution in [0.3, 0.4) is 0 Å². The van der Waals surface area contributed by atoms with E-state index in [1.807, 2.05) is 0 Å². The molecule has 5 heteroatoms. The van der Waals surface area contributed by atoms with Gasteiger partial charge in [-0.25, -0.2) is 0 Å². The number of rotatable bonds is 3. The van der Waals surface area contributed by atoms with Crippen molar-refractivity contribution in [3.05, 3.63) is 29.3 Å². The van der Waals surface area contributed by atoms with Gasteiger partial charge in [0.2, 0.25) is 0 Å². The number of phenolic OH excluding ortho intramolecular Hbond substituents is 1. The van der Waals surface area contributed by atoms with Crippen molar-refractivity contribution in [2.24, 2.45) is 0 Å². The van der Waals surface area contributed by atoms with E-state index in [0.717, 1.165) is 0 Å². The van der Waals surface area contributed by atoms with E-state index in [9.17, 15) is 9.90 Å². The molecule has 0 fully saturated rings. The van der Waals surface area contributed by atoms with Crippen LogP contribution in [0.15, 0.2) is 23.8 Å². The predicted octanol–water partition coefficient (Wildman–Crippen LogP) is 1.05. The molecule has 88 valence electrons. The van der Waals surface area contributed by atoms with Gasteiger partial charge in [0, 0.05) is 7.05 Å². The first-order valence-corrected chi connectivity index (χ1v) is 4.83. The number of hydrogen-bond acceptors (Lipinski definition) is 4. The highest BCUT2D eigenvalue weighted by atomic mass is 16.5. The number of methoxy groups -OCH3 is 1. The average molecular weight is 232 g/mol. The minimum Gasteiger partial charge on any atom is -0.504 e. The Bertz CT molecular complexity index is 501. The maximum Gasteiger partial charge on any atom is 0.261 e. The number of nitrogens with zero attached hydrogens (tertiary/aromatic N) is 1. The summed E-state index contributed by atoms with van der Waals surface area (Å²) < 4.78 is 4.88. The van der Waals surface area contributed by atoms with E-state index in [1.165, 1.54) is 26.3 Å². The van der Waals surface area contributed by atoms with Gasteiger partial charge >= 0.3 is 0 Å². The summed E-state index contributed by atoms with van der Waals surface area (Å²) in [6.45, 7) is 0. The number of nitriles is 1. The highest BCUT2D eigenvalue weighted by Crippen LogP contribution is 2.27. The summed E-state index contributed by atoms with van der Waals surface area (Å²) in [6, 6.07) is 6.39. The minimum atomic E-state index is -0.470. The molecule has 0 radical (unpaired) electrons. The minimum absolute atomic E-state index is 0.0305. The van der Waals surface area contributed by atoms with Crippen LogP contribution in [0.25, 0.3) is 6.08 Å². The van der Waals surface area contributed by atoms with Gasteiger partial charge in [0.15, 0.2) is 11.5 Å². The van der Waals surface area contributed by atoms with Crippen LogP contribution in [0, 0.1) is 11.3 Å². The number of carbonyl (C=O) groups excluding carboxylic acids is 1. The lowest BCUT2D eigenvalue weighted by molar-refractivity contribution is -0.116. The standard InChI is InChI=1S/C12H12N2O3/c1-14-12(16)9(7-13)5-8-3-4-11(17-2)10(15)6-8/h3-6,15H,1-2H3,(H,14,16). The predicted molar refractivity (Wildman–Crippen MR) is 62.3 cm³/mol. The van der Waals surface area contributed by atoms with Gasteiger partial charge in [-0.1, -0.05) is 6.07 Å². The molecule has 0 aliphatic heterocycles. The molecule has 0 aliphatic carbocycles. The average Bonchev–Trinajstić information content (AvgIpc) is 2.35. The Morgan fingerprint density at radius 2 is 2.29 bits per heavy atom. The summed E-state index contributed by atoms with van der Waals surface area (Å²) in [7, 11) is 2.88. The molecule has 1 amide bonds. The van der Waals surface area contributed by atoms with Crippen molar-refractivity contribution < 1.29 is 14.6 Å². The molecular formula is C12H12N2O3. The Balaban J connectivity index is 3.10. The van der Waals surface area contributed by atoms with Crippen molar-refractivity contribution in [2.45, 2.75) is 0 Å². The first-order valence-electron chi connectivity index (χ1n) is 4.83. The molecule has 0 aromatic heterocycles. The number of hydrogen-bond donors (Lipinski definition) is 2. The van der Waals surface area contributed by atoms with E-state index in [2.05, 4.69) is 5.32 Å². The van der Waals surface area contributed by atoms with Crippen LogP contribution < -0.4 is 10.1 Å². The smallest absolute Gasteiger partial charge is 0.261 e. The molecule has 1 aromatic rings. The van der Waals surface area contributed by atoms with E-state index in [-0.39, 0.29) is 11.3 Å². The Kier molecular flexibility index (Phi) is 4.12. The summed E-state index contributed by atoms with van der Waals surface area (Å²) in [6.07, 6.45) is 1.39. The summed E-state index contributed by atoms with van der Waals surface area (Å²) >= 11 is 0. The first-order chi connectivity index (χ1) is 8.12. The zero-order chi connectivity index (χ0) is 12.8. The fraction of sp³-hybridized carbons (Fsp3) is 0.167. The zero-order valence-electron chi connectivity index (χ0n) is 9.52. The SMILES string of the molecule is CNC(=O)C(C#N)=Cc1ccc(OC)c(O)c1. The van der Waals surface area contributed by atoms with Crippen molar-refractivity contribution in [3.8, 4) is 17.6 Å². The summed E-state index contributed by atoms with van der Waals surface area (Å²) in [5.74, 6) is -0.182. The van der Waals surface area contributed by atoms with Crippen LogP contribution >= 0.6 is 0 Å². The molecule has 0 heterocycles. The molecule has 0 aliphatic rings. The Labute approximate surface area is 98.9 Å². The fourth-order valence-corrected chi connectivity index (χ4v) is 1.25. The monoisotopic (exact) mass is 232 g/mol. The number of nitrogens with one attached hydrogen (secondary N) is 1. The Morgan fingerprint density at radius 1 is 1.59 bits per heavy atom. The maximum absolute atomic E-state index is 11.3. The molecule has 0 spiro atoms. The van der Waals surface area contributed by atoms with E-state index in [1.54, 1.807) is 18.2 Å². The second kappa shape index (κ2) is 5.56. The molecule has 0 bridgehead atoms. The third-order valence-corrected chi connectivity index (χ3v) is 2.11. The third-order valence-electron chi connectivity index (χ3n) is 2.11. The third kappa shape index (κ3) is 2.98. The van der Waals surface area contributed by atoms with Gasteiger partial charge < -0.3 is 15.2 Å². The number of aromatic hydroxyl groups is 1. The normalized spacial score (nSPS) is 10.5. The van der Waals surface area contributed by atoms with Gasteiger partial charge in [0.1, 0.15) is 11.6 Å². The van der Waals surface area contributed by atoms with Gasteiger partial charge in [0.25, 0.3) is 5.91 Å². The second-order valence-electron chi connectivity index (χ2n) is 3.18. The van der Waals surface area contributed by atoms with Crippen molar-refractivity contribution in [1.29, 1.82) is 5.26 Å². The molecule has 0 atom stereocenters. The highest BCUT2D eigenvalue weighted by Gasteiger charge is 2.07. The Morgan fingerprint density at radius 3 is 2.76 bits per heavy atom. The van der Waals surface area contributed by atoms with E-state index in [0.29, 0.717) is 11.3 Å². The van der Waals surface area contributed by atoms with Gasteiger partial charge in [-0.3, -0.25) is 4.79 Å². The zero-order valence-corrected chi connectivity index (χ0v) is 9.52. The second-order valence-corrected chi connectivity index (χ2v) is 3.18. The van der Waals surface area contributed by atoms with Crippen LogP contribution in [-0.4, -0.2) is 25.2 Å². The topological polar surface area (TPSA) is 82.4 Å². The summed E-state index contributed by atoms with van der Waals surface area (Å²) in [5, 5.41) is 20.7. The van der Waals surface area contributed by atoms with Crippen molar-refractivity contribution in [2.75, 3.05) is 14.2 Å². The van der Waals surface area contributed by atoms with Crippen molar-refractivity contribution in [1.82, 2.24) is 5.32 Å². The lowest BCUT2D eigenvalue weighted by Gasteiger charge is -2.03. The number of phenols is 1. The number of likely N-dealkylation sites (N-methyl/N-ethyl adjacent to an activating group) is 1. The molecule has 5 nitrogen and oxygen atoms in total. The van der Waals surface area contributed by atoms with Crippen molar-refractivity contribution in [3.63, 3.8) is 0 Å². The number of carbonyl (C=O) groups is 1. The lowest BCUT2D eigenvalue weighted by atomic mass is 10.1. The highest BCUT2D eigenvalue weighted by molar-refractivity contribution is 6.01. The molecule has 0 saturated carbocycles. The van der Waals surface area contributed by atoms with Gasteiger partial charge in [-0.2, -0.15) is 5.26 Å². The molecule has 0 unspecified atom stereocenters. The number of benzene rings is 1.